The monoisotopic (exact) mass is 288 g/mol. The smallest absolute Gasteiger partial charge is 0.237 e. The number of nitrogens with two attached hydrogens (primary N) is 1. The Morgan fingerprint density at radius 2 is 1.81 bits per heavy atom. The molecule has 1 saturated carbocycles. The molecule has 0 unspecified atom stereocenters. The Kier molecular flexibility index (Phi) is 5.80. The predicted molar refractivity (Wildman–Crippen MR) is 87.0 cm³/mol. The van der Waals surface area contributed by atoms with E-state index in [0.29, 0.717) is 17.9 Å². The maximum Gasteiger partial charge on any atom is 0.237 e. The van der Waals surface area contributed by atoms with Gasteiger partial charge in [-0.2, -0.15) is 0 Å². The summed E-state index contributed by atoms with van der Waals surface area (Å²) in [4.78, 5) is 12.1. The Morgan fingerprint density at radius 3 is 2.38 bits per heavy atom. The van der Waals surface area contributed by atoms with Crippen molar-refractivity contribution in [1.82, 2.24) is 5.32 Å². The second-order valence-electron chi connectivity index (χ2n) is 6.70. The molecule has 0 heterocycles. The van der Waals surface area contributed by atoms with Crippen molar-refractivity contribution in [3.63, 3.8) is 0 Å². The highest BCUT2D eigenvalue weighted by atomic mass is 16.2. The van der Waals surface area contributed by atoms with Crippen LogP contribution in [0.4, 0.5) is 0 Å². The fourth-order valence-electron chi connectivity index (χ4n) is 3.22. The van der Waals surface area contributed by atoms with Gasteiger partial charge in [-0.3, -0.25) is 4.79 Å². The van der Waals surface area contributed by atoms with Gasteiger partial charge < -0.3 is 11.1 Å². The second kappa shape index (κ2) is 7.60. The Morgan fingerprint density at radius 1 is 1.19 bits per heavy atom. The average molecular weight is 288 g/mol. The average Bonchev–Trinajstić information content (AvgIpc) is 2.48. The SMILES string of the molecule is CC(C)C[C@H](N)C(=O)NC1CCC(c2ccccc2)CC1. The van der Waals surface area contributed by atoms with E-state index in [2.05, 4.69) is 49.5 Å². The quantitative estimate of drug-likeness (QED) is 0.874. The number of hydrogen-bond donors (Lipinski definition) is 2. The van der Waals surface area contributed by atoms with Crippen molar-refractivity contribution in [3.05, 3.63) is 35.9 Å². The molecule has 3 heteroatoms. The minimum Gasteiger partial charge on any atom is -0.352 e. The van der Waals surface area contributed by atoms with Gasteiger partial charge in [0, 0.05) is 6.04 Å². The van der Waals surface area contributed by atoms with Gasteiger partial charge in [0.1, 0.15) is 0 Å². The van der Waals surface area contributed by atoms with E-state index in [4.69, 9.17) is 5.73 Å². The lowest BCUT2D eigenvalue weighted by molar-refractivity contribution is -0.123. The standard InChI is InChI=1S/C18H28N2O/c1-13(2)12-17(19)18(21)20-16-10-8-15(9-11-16)14-6-4-3-5-7-14/h3-7,13,15-17H,8-12,19H2,1-2H3,(H,20,21)/t15?,16?,17-/m0/s1. The first-order chi connectivity index (χ1) is 10.1. The number of nitrogens with one attached hydrogen (secondary N) is 1. The van der Waals surface area contributed by atoms with Gasteiger partial charge in [-0.05, 0) is 49.5 Å². The van der Waals surface area contributed by atoms with Crippen LogP contribution >= 0.6 is 0 Å². The zero-order valence-electron chi connectivity index (χ0n) is 13.2. The Hall–Kier alpha value is -1.35. The zero-order chi connectivity index (χ0) is 15.2. The van der Waals surface area contributed by atoms with Crippen molar-refractivity contribution >= 4 is 5.91 Å². The second-order valence-corrected chi connectivity index (χ2v) is 6.70. The van der Waals surface area contributed by atoms with Crippen LogP contribution in [0.25, 0.3) is 0 Å². The zero-order valence-corrected chi connectivity index (χ0v) is 13.2. The molecule has 0 radical (unpaired) electrons. The van der Waals surface area contributed by atoms with Crippen LogP contribution in [0.1, 0.15) is 57.4 Å². The lowest BCUT2D eigenvalue weighted by Crippen LogP contribution is -2.46. The summed E-state index contributed by atoms with van der Waals surface area (Å²) in [5, 5.41) is 3.13. The molecule has 1 amide bonds. The third-order valence-corrected chi connectivity index (χ3v) is 4.41. The summed E-state index contributed by atoms with van der Waals surface area (Å²) in [5.74, 6) is 1.12. The van der Waals surface area contributed by atoms with Crippen LogP contribution in [0.5, 0.6) is 0 Å². The van der Waals surface area contributed by atoms with Crippen molar-refractivity contribution in [2.45, 2.75) is 64.0 Å². The fourth-order valence-corrected chi connectivity index (χ4v) is 3.22. The van der Waals surface area contributed by atoms with E-state index in [0.717, 1.165) is 32.1 Å². The summed E-state index contributed by atoms with van der Waals surface area (Å²) in [5.41, 5.74) is 7.37. The van der Waals surface area contributed by atoms with Crippen LogP contribution in [-0.4, -0.2) is 18.0 Å². The normalized spacial score (nSPS) is 23.8. The topological polar surface area (TPSA) is 55.1 Å². The van der Waals surface area contributed by atoms with Gasteiger partial charge in [0.15, 0.2) is 0 Å². The molecule has 3 nitrogen and oxygen atoms in total. The molecule has 3 N–H and O–H groups in total. The van der Waals surface area contributed by atoms with Crippen molar-refractivity contribution < 1.29 is 4.79 Å². The van der Waals surface area contributed by atoms with Gasteiger partial charge in [0.2, 0.25) is 5.91 Å². The molecule has 116 valence electrons. The molecule has 0 bridgehead atoms. The molecule has 2 rings (SSSR count). The van der Waals surface area contributed by atoms with Crippen LogP contribution in [0, 0.1) is 5.92 Å². The minimum absolute atomic E-state index is 0.0202. The van der Waals surface area contributed by atoms with Crippen molar-refractivity contribution in [3.8, 4) is 0 Å². The van der Waals surface area contributed by atoms with E-state index < -0.39 is 0 Å². The van der Waals surface area contributed by atoms with E-state index in [-0.39, 0.29) is 11.9 Å². The molecule has 1 atom stereocenters. The fraction of sp³-hybridized carbons (Fsp3) is 0.611. The van der Waals surface area contributed by atoms with Crippen LogP contribution in [-0.2, 0) is 4.79 Å². The molecular formula is C18H28N2O. The highest BCUT2D eigenvalue weighted by Gasteiger charge is 2.25. The predicted octanol–water partition coefficient (Wildman–Crippen LogP) is 3.20. The molecular weight excluding hydrogens is 260 g/mol. The highest BCUT2D eigenvalue weighted by molar-refractivity contribution is 5.81. The summed E-state index contributed by atoms with van der Waals surface area (Å²) >= 11 is 0. The molecule has 0 aromatic heterocycles. The number of rotatable bonds is 5. The molecule has 21 heavy (non-hydrogen) atoms. The van der Waals surface area contributed by atoms with Crippen molar-refractivity contribution in [1.29, 1.82) is 0 Å². The van der Waals surface area contributed by atoms with Crippen LogP contribution < -0.4 is 11.1 Å². The van der Waals surface area contributed by atoms with Gasteiger partial charge in [0.25, 0.3) is 0 Å². The molecule has 1 aromatic rings. The highest BCUT2D eigenvalue weighted by Crippen LogP contribution is 2.32. The Balaban J connectivity index is 1.78. The van der Waals surface area contributed by atoms with Crippen LogP contribution in [0.2, 0.25) is 0 Å². The lowest BCUT2D eigenvalue weighted by atomic mass is 9.81. The number of benzene rings is 1. The molecule has 1 aromatic carbocycles. The van der Waals surface area contributed by atoms with Crippen molar-refractivity contribution in [2.24, 2.45) is 11.7 Å². The minimum atomic E-state index is -0.364. The summed E-state index contributed by atoms with van der Waals surface area (Å²) in [7, 11) is 0. The largest absolute Gasteiger partial charge is 0.352 e. The number of carbonyl (C=O) groups excluding carboxylic acids is 1. The third kappa shape index (κ3) is 4.85. The van der Waals surface area contributed by atoms with Gasteiger partial charge in [-0.25, -0.2) is 0 Å². The van der Waals surface area contributed by atoms with E-state index in [9.17, 15) is 4.79 Å². The third-order valence-electron chi connectivity index (χ3n) is 4.41. The van der Waals surface area contributed by atoms with Crippen LogP contribution in [0.3, 0.4) is 0 Å². The van der Waals surface area contributed by atoms with Crippen LogP contribution in [0.15, 0.2) is 30.3 Å². The molecule has 0 aliphatic heterocycles. The van der Waals surface area contributed by atoms with Gasteiger partial charge in [-0.15, -0.1) is 0 Å². The molecule has 0 saturated heterocycles. The van der Waals surface area contributed by atoms with Gasteiger partial charge >= 0.3 is 0 Å². The van der Waals surface area contributed by atoms with E-state index in [1.165, 1.54) is 5.56 Å². The maximum atomic E-state index is 12.1. The molecule has 1 fully saturated rings. The number of amides is 1. The first kappa shape index (κ1) is 16.0. The van der Waals surface area contributed by atoms with Crippen molar-refractivity contribution in [2.75, 3.05) is 0 Å². The summed E-state index contributed by atoms with van der Waals surface area (Å²) < 4.78 is 0. The summed E-state index contributed by atoms with van der Waals surface area (Å²) in [6.45, 7) is 4.19. The molecule has 1 aliphatic carbocycles. The Bertz CT molecular complexity index is 436. The van der Waals surface area contributed by atoms with Gasteiger partial charge in [-0.1, -0.05) is 44.2 Å². The first-order valence-electron chi connectivity index (χ1n) is 8.17. The maximum absolute atomic E-state index is 12.1. The summed E-state index contributed by atoms with van der Waals surface area (Å²) in [6, 6.07) is 10.6. The number of hydrogen-bond acceptors (Lipinski definition) is 2. The molecule has 0 spiro atoms. The Labute approximate surface area is 128 Å². The van der Waals surface area contributed by atoms with E-state index >= 15 is 0 Å². The first-order valence-corrected chi connectivity index (χ1v) is 8.17. The number of carbonyl (C=O) groups is 1. The lowest BCUT2D eigenvalue weighted by Gasteiger charge is -2.30. The van der Waals surface area contributed by atoms with E-state index in [1.54, 1.807) is 0 Å². The molecule has 1 aliphatic rings. The van der Waals surface area contributed by atoms with Gasteiger partial charge in [0.05, 0.1) is 6.04 Å². The van der Waals surface area contributed by atoms with E-state index in [1.807, 2.05) is 0 Å². The summed E-state index contributed by atoms with van der Waals surface area (Å²) in [6.07, 6.45) is 5.16.